The molecule has 0 fully saturated rings. The average Bonchev–Trinajstić information content (AvgIpc) is 2.11. The van der Waals surface area contributed by atoms with E-state index in [9.17, 15) is 13.2 Å². The van der Waals surface area contributed by atoms with Gasteiger partial charge in [-0.1, -0.05) is 32.0 Å². The van der Waals surface area contributed by atoms with Crippen LogP contribution in [0.5, 0.6) is 0 Å². The summed E-state index contributed by atoms with van der Waals surface area (Å²) in [5.74, 6) is 0.315. The molecular formula is C12H16ClF3O. The Kier molecular flexibility index (Phi) is 6.39. The Morgan fingerprint density at radius 1 is 1.35 bits per heavy atom. The fourth-order valence-corrected chi connectivity index (χ4v) is 1.15. The zero-order chi connectivity index (χ0) is 13.6. The third-order valence-corrected chi connectivity index (χ3v) is 1.93. The van der Waals surface area contributed by atoms with Crippen LogP contribution in [0.4, 0.5) is 13.2 Å². The Morgan fingerprint density at radius 2 is 1.88 bits per heavy atom. The number of ether oxygens (including phenoxy) is 1. The van der Waals surface area contributed by atoms with Gasteiger partial charge in [-0.05, 0) is 30.6 Å². The van der Waals surface area contributed by atoms with Crippen LogP contribution in [0.2, 0.25) is 0 Å². The van der Waals surface area contributed by atoms with Crippen molar-refractivity contribution in [2.24, 2.45) is 5.92 Å². The fourth-order valence-electron chi connectivity index (χ4n) is 1.03. The van der Waals surface area contributed by atoms with Crippen molar-refractivity contribution < 1.29 is 17.9 Å². The van der Waals surface area contributed by atoms with Crippen LogP contribution in [0.15, 0.2) is 35.1 Å². The quantitative estimate of drug-likeness (QED) is 0.514. The second kappa shape index (κ2) is 6.74. The van der Waals surface area contributed by atoms with Crippen LogP contribution in [0, 0.1) is 5.92 Å². The predicted molar refractivity (Wildman–Crippen MR) is 63.7 cm³/mol. The van der Waals surface area contributed by atoms with Crippen molar-refractivity contribution in [2.45, 2.75) is 26.9 Å². The Balaban J connectivity index is 4.67. The summed E-state index contributed by atoms with van der Waals surface area (Å²) < 4.78 is 40.4. The molecule has 17 heavy (non-hydrogen) atoms. The molecule has 5 heteroatoms. The summed E-state index contributed by atoms with van der Waals surface area (Å²) in [4.78, 5) is 0. The second-order valence-electron chi connectivity index (χ2n) is 3.90. The van der Waals surface area contributed by atoms with Gasteiger partial charge in [0.15, 0.2) is 6.61 Å². The highest BCUT2D eigenvalue weighted by molar-refractivity contribution is 6.30. The van der Waals surface area contributed by atoms with Crippen LogP contribution in [-0.2, 0) is 4.74 Å². The molecule has 1 nitrogen and oxygen atoms in total. The summed E-state index contributed by atoms with van der Waals surface area (Å²) in [5.41, 5.74) is 0.768. The highest BCUT2D eigenvalue weighted by Crippen LogP contribution is 2.20. The van der Waals surface area contributed by atoms with E-state index in [4.69, 9.17) is 11.6 Å². The lowest BCUT2D eigenvalue weighted by Gasteiger charge is -2.12. The summed E-state index contributed by atoms with van der Waals surface area (Å²) in [6.07, 6.45) is -1.19. The maximum Gasteiger partial charge on any atom is 0.422 e. The Bertz CT molecular complexity index is 327. The van der Waals surface area contributed by atoms with Crippen molar-refractivity contribution in [1.29, 1.82) is 0 Å². The number of halogens is 4. The smallest absolute Gasteiger partial charge is 0.422 e. The molecule has 0 aliphatic heterocycles. The van der Waals surface area contributed by atoms with Gasteiger partial charge in [-0.25, -0.2) is 0 Å². The van der Waals surface area contributed by atoms with E-state index in [1.165, 1.54) is 13.0 Å². The summed E-state index contributed by atoms with van der Waals surface area (Å²) in [5, 5.41) is 0.327. The van der Waals surface area contributed by atoms with E-state index >= 15 is 0 Å². The highest BCUT2D eigenvalue weighted by atomic mass is 35.5. The number of alkyl halides is 3. The average molecular weight is 269 g/mol. The van der Waals surface area contributed by atoms with Crippen molar-refractivity contribution >= 4 is 11.6 Å². The van der Waals surface area contributed by atoms with Gasteiger partial charge in [-0.2, -0.15) is 13.2 Å². The largest absolute Gasteiger partial charge is 0.489 e. The number of allylic oxidation sites excluding steroid dienone is 5. The van der Waals surface area contributed by atoms with Crippen molar-refractivity contribution in [1.82, 2.24) is 0 Å². The molecule has 0 radical (unpaired) electrons. The minimum Gasteiger partial charge on any atom is -0.489 e. The number of hydrogen-bond donors (Lipinski definition) is 0. The van der Waals surface area contributed by atoms with Gasteiger partial charge in [-0.3, -0.25) is 0 Å². The highest BCUT2D eigenvalue weighted by Gasteiger charge is 2.28. The lowest BCUT2D eigenvalue weighted by atomic mass is 10.0. The standard InChI is InChI=1S/C12H16ClF3O/c1-8(2)11(5-9(3)13)6-10(4)17-7-12(14,15)16/h5-6,8H,3,7H2,1-2,4H3/b10-6+,11-5+. The van der Waals surface area contributed by atoms with E-state index in [0.29, 0.717) is 5.03 Å². The van der Waals surface area contributed by atoms with Crippen molar-refractivity contribution in [2.75, 3.05) is 6.61 Å². The number of rotatable bonds is 5. The molecule has 0 bridgehead atoms. The van der Waals surface area contributed by atoms with Gasteiger partial charge >= 0.3 is 6.18 Å². The maximum absolute atomic E-state index is 11.9. The van der Waals surface area contributed by atoms with Gasteiger partial charge in [0.25, 0.3) is 0 Å². The minimum absolute atomic E-state index is 0.120. The van der Waals surface area contributed by atoms with Crippen LogP contribution >= 0.6 is 11.6 Å². The zero-order valence-electron chi connectivity index (χ0n) is 10.1. The predicted octanol–water partition coefficient (Wildman–Crippen LogP) is 4.80. The molecule has 0 atom stereocenters. The molecule has 0 saturated carbocycles. The van der Waals surface area contributed by atoms with Crippen molar-refractivity contribution in [3.63, 3.8) is 0 Å². The lowest BCUT2D eigenvalue weighted by Crippen LogP contribution is -2.16. The van der Waals surface area contributed by atoms with E-state index in [-0.39, 0.29) is 11.7 Å². The van der Waals surface area contributed by atoms with Gasteiger partial charge in [0.1, 0.15) is 0 Å². The molecule has 0 unspecified atom stereocenters. The zero-order valence-corrected chi connectivity index (χ0v) is 10.8. The molecule has 0 aromatic carbocycles. The van der Waals surface area contributed by atoms with Crippen molar-refractivity contribution in [3.05, 3.63) is 35.1 Å². The molecule has 0 amide bonds. The first-order chi connectivity index (χ1) is 7.61. The van der Waals surface area contributed by atoms with Gasteiger partial charge in [0, 0.05) is 5.03 Å². The summed E-state index contributed by atoms with van der Waals surface area (Å²) >= 11 is 5.63. The molecule has 0 aromatic heterocycles. The molecule has 0 rings (SSSR count). The van der Waals surface area contributed by atoms with Crippen molar-refractivity contribution in [3.8, 4) is 0 Å². The number of hydrogen-bond acceptors (Lipinski definition) is 1. The van der Waals surface area contributed by atoms with E-state index in [2.05, 4.69) is 11.3 Å². The van der Waals surface area contributed by atoms with Crippen LogP contribution in [0.25, 0.3) is 0 Å². The summed E-state index contributed by atoms with van der Waals surface area (Å²) in [7, 11) is 0. The Morgan fingerprint density at radius 3 is 2.24 bits per heavy atom. The molecule has 0 aliphatic rings. The van der Waals surface area contributed by atoms with Crippen LogP contribution < -0.4 is 0 Å². The lowest BCUT2D eigenvalue weighted by molar-refractivity contribution is -0.164. The molecule has 98 valence electrons. The maximum atomic E-state index is 11.9. The third kappa shape index (κ3) is 8.86. The monoisotopic (exact) mass is 268 g/mol. The molecule has 0 N–H and O–H groups in total. The molecule has 0 saturated heterocycles. The van der Waals surface area contributed by atoms with E-state index in [1.54, 1.807) is 6.08 Å². The Labute approximate surface area is 105 Å². The Hall–Kier alpha value is -0.900. The molecular weight excluding hydrogens is 253 g/mol. The normalized spacial score (nSPS) is 14.1. The second-order valence-corrected chi connectivity index (χ2v) is 4.39. The minimum atomic E-state index is -4.33. The van der Waals surface area contributed by atoms with Gasteiger partial charge in [-0.15, -0.1) is 0 Å². The SMILES string of the molecule is C=C(Cl)/C=C(\C=C(/C)OCC(F)(F)F)C(C)C. The van der Waals surface area contributed by atoms with E-state index in [0.717, 1.165) is 5.57 Å². The topological polar surface area (TPSA) is 9.23 Å². The molecule has 0 heterocycles. The third-order valence-electron chi connectivity index (χ3n) is 1.82. The molecule has 0 spiro atoms. The summed E-state index contributed by atoms with van der Waals surface area (Å²) in [6.45, 7) is 7.49. The molecule has 0 aromatic rings. The van der Waals surface area contributed by atoms with E-state index in [1.807, 2.05) is 13.8 Å². The molecule has 0 aliphatic carbocycles. The van der Waals surface area contributed by atoms with Gasteiger partial charge < -0.3 is 4.74 Å². The first kappa shape index (κ1) is 16.1. The first-order valence-corrected chi connectivity index (χ1v) is 5.43. The fraction of sp³-hybridized carbons (Fsp3) is 0.500. The van der Waals surface area contributed by atoms with Gasteiger partial charge in [0.05, 0.1) is 5.76 Å². The summed E-state index contributed by atoms with van der Waals surface area (Å²) in [6, 6.07) is 0. The first-order valence-electron chi connectivity index (χ1n) is 5.05. The van der Waals surface area contributed by atoms with E-state index < -0.39 is 12.8 Å². The van der Waals surface area contributed by atoms with Crippen LogP contribution in [0.3, 0.4) is 0 Å². The van der Waals surface area contributed by atoms with Crippen LogP contribution in [0.1, 0.15) is 20.8 Å². The van der Waals surface area contributed by atoms with Crippen LogP contribution in [-0.4, -0.2) is 12.8 Å². The van der Waals surface area contributed by atoms with Gasteiger partial charge in [0.2, 0.25) is 0 Å².